The standard InChI is InChI=1S/C29H37FN2O5/c1-20(2)19-37-25-9-6-22(7-10-25)17-26(29(35)36)31-27(33)18-23-12-14-32(15-13-23)28(34)11-8-21-4-3-5-24(30)16-21/h3-7,9-10,16,20,23,26H,8,11-15,17-19H2,1-2H3,(H,31,33)(H,35,36). The number of likely N-dealkylation sites (tertiary alicyclic amines) is 1. The number of hydrogen-bond donors (Lipinski definition) is 2. The second-order valence-electron chi connectivity index (χ2n) is 10.2. The Labute approximate surface area is 218 Å². The van der Waals surface area contributed by atoms with Gasteiger partial charge in [-0.15, -0.1) is 0 Å². The molecule has 200 valence electrons. The SMILES string of the molecule is CC(C)COc1ccc(CC(NC(=O)CC2CCN(C(=O)CCc3cccc(F)c3)CC2)C(=O)O)cc1. The van der Waals surface area contributed by atoms with E-state index in [0.717, 1.165) is 16.9 Å². The molecule has 2 aromatic carbocycles. The molecule has 1 saturated heterocycles. The fraction of sp³-hybridized carbons (Fsp3) is 0.483. The van der Waals surface area contributed by atoms with Crippen LogP contribution in [-0.4, -0.2) is 53.5 Å². The van der Waals surface area contributed by atoms with Crippen LogP contribution in [0, 0.1) is 17.7 Å². The second-order valence-corrected chi connectivity index (χ2v) is 10.2. The van der Waals surface area contributed by atoms with Crippen molar-refractivity contribution in [1.82, 2.24) is 10.2 Å². The summed E-state index contributed by atoms with van der Waals surface area (Å²) in [6.07, 6.45) is 2.60. The molecule has 3 rings (SSSR count). The first-order valence-corrected chi connectivity index (χ1v) is 13.0. The molecule has 2 amide bonds. The molecule has 1 fully saturated rings. The molecule has 0 aromatic heterocycles. The molecule has 0 aliphatic carbocycles. The lowest BCUT2D eigenvalue weighted by Gasteiger charge is -2.32. The molecule has 1 atom stereocenters. The van der Waals surface area contributed by atoms with Crippen LogP contribution in [0.5, 0.6) is 5.75 Å². The molecule has 7 nitrogen and oxygen atoms in total. The minimum absolute atomic E-state index is 0.0266. The van der Waals surface area contributed by atoms with Gasteiger partial charge >= 0.3 is 5.97 Å². The number of rotatable bonds is 12. The van der Waals surface area contributed by atoms with Gasteiger partial charge in [-0.1, -0.05) is 38.1 Å². The van der Waals surface area contributed by atoms with Crippen molar-refractivity contribution in [3.8, 4) is 5.75 Å². The molecule has 1 heterocycles. The van der Waals surface area contributed by atoms with Gasteiger partial charge in [0.2, 0.25) is 11.8 Å². The lowest BCUT2D eigenvalue weighted by atomic mass is 9.92. The van der Waals surface area contributed by atoms with Gasteiger partial charge < -0.3 is 20.1 Å². The van der Waals surface area contributed by atoms with Crippen molar-refractivity contribution in [3.05, 3.63) is 65.5 Å². The van der Waals surface area contributed by atoms with Gasteiger partial charge in [0.15, 0.2) is 0 Å². The van der Waals surface area contributed by atoms with Gasteiger partial charge in [0.05, 0.1) is 6.61 Å². The van der Waals surface area contributed by atoms with Crippen LogP contribution in [-0.2, 0) is 27.2 Å². The second kappa shape index (κ2) is 13.8. The van der Waals surface area contributed by atoms with Crippen molar-refractivity contribution in [2.75, 3.05) is 19.7 Å². The maximum atomic E-state index is 13.3. The molecule has 1 aliphatic heterocycles. The number of carbonyl (C=O) groups is 3. The molecule has 1 unspecified atom stereocenters. The lowest BCUT2D eigenvalue weighted by molar-refractivity contribution is -0.142. The molecular weight excluding hydrogens is 475 g/mol. The number of hydrogen-bond acceptors (Lipinski definition) is 4. The highest BCUT2D eigenvalue weighted by molar-refractivity contribution is 5.84. The molecule has 8 heteroatoms. The van der Waals surface area contributed by atoms with Crippen molar-refractivity contribution >= 4 is 17.8 Å². The molecule has 0 saturated carbocycles. The number of nitrogens with one attached hydrogen (secondary N) is 1. The van der Waals surface area contributed by atoms with Crippen LogP contribution < -0.4 is 10.1 Å². The number of nitrogens with zero attached hydrogens (tertiary/aromatic N) is 1. The summed E-state index contributed by atoms with van der Waals surface area (Å²) < 4.78 is 19.0. The number of aryl methyl sites for hydroxylation is 1. The van der Waals surface area contributed by atoms with Gasteiger partial charge in [0.1, 0.15) is 17.6 Å². The number of carboxylic acid groups (broad SMARTS) is 1. The molecular formula is C29H37FN2O5. The zero-order valence-corrected chi connectivity index (χ0v) is 21.6. The zero-order valence-electron chi connectivity index (χ0n) is 21.6. The highest BCUT2D eigenvalue weighted by Gasteiger charge is 2.26. The van der Waals surface area contributed by atoms with E-state index in [0.29, 0.717) is 51.3 Å². The molecule has 0 bridgehead atoms. The first-order chi connectivity index (χ1) is 17.7. The third kappa shape index (κ3) is 9.52. The minimum atomic E-state index is -1.08. The van der Waals surface area contributed by atoms with Crippen molar-refractivity contribution in [3.63, 3.8) is 0 Å². The Bertz CT molecular complexity index is 1050. The third-order valence-corrected chi connectivity index (χ3v) is 6.54. The Balaban J connectivity index is 1.41. The largest absolute Gasteiger partial charge is 0.493 e. The van der Waals surface area contributed by atoms with Gasteiger partial charge in [-0.2, -0.15) is 0 Å². The van der Waals surface area contributed by atoms with E-state index < -0.39 is 12.0 Å². The van der Waals surface area contributed by atoms with Gasteiger partial charge in [-0.05, 0) is 66.5 Å². The Hall–Kier alpha value is -3.42. The number of halogens is 1. The normalized spacial score (nSPS) is 14.9. The monoisotopic (exact) mass is 512 g/mol. The van der Waals surface area contributed by atoms with E-state index in [4.69, 9.17) is 4.74 Å². The van der Waals surface area contributed by atoms with E-state index in [2.05, 4.69) is 19.2 Å². The van der Waals surface area contributed by atoms with Crippen molar-refractivity contribution in [2.24, 2.45) is 11.8 Å². The van der Waals surface area contributed by atoms with Crippen LogP contribution >= 0.6 is 0 Å². The van der Waals surface area contributed by atoms with Gasteiger partial charge in [-0.3, -0.25) is 9.59 Å². The predicted molar refractivity (Wildman–Crippen MR) is 139 cm³/mol. The highest BCUT2D eigenvalue weighted by Crippen LogP contribution is 2.22. The van der Waals surface area contributed by atoms with E-state index in [9.17, 15) is 23.9 Å². The lowest BCUT2D eigenvalue weighted by Crippen LogP contribution is -2.44. The van der Waals surface area contributed by atoms with Crippen LogP contribution in [0.3, 0.4) is 0 Å². The predicted octanol–water partition coefficient (Wildman–Crippen LogP) is 4.23. The van der Waals surface area contributed by atoms with Gasteiger partial charge in [-0.25, -0.2) is 9.18 Å². The molecule has 2 aromatic rings. The van der Waals surface area contributed by atoms with Gasteiger partial charge in [0, 0.05) is 32.4 Å². The summed E-state index contributed by atoms with van der Waals surface area (Å²) in [7, 11) is 0. The fourth-order valence-corrected chi connectivity index (χ4v) is 4.42. The van der Waals surface area contributed by atoms with Crippen LogP contribution in [0.4, 0.5) is 4.39 Å². The molecule has 1 aliphatic rings. The summed E-state index contributed by atoms with van der Waals surface area (Å²) >= 11 is 0. The fourth-order valence-electron chi connectivity index (χ4n) is 4.42. The first-order valence-electron chi connectivity index (χ1n) is 13.0. The Morgan fingerprint density at radius 1 is 1.08 bits per heavy atom. The Morgan fingerprint density at radius 2 is 1.78 bits per heavy atom. The highest BCUT2D eigenvalue weighted by atomic mass is 19.1. The quantitative estimate of drug-likeness (QED) is 0.444. The van der Waals surface area contributed by atoms with Crippen LogP contribution in [0.2, 0.25) is 0 Å². The summed E-state index contributed by atoms with van der Waals surface area (Å²) in [6.45, 7) is 5.86. The number of benzene rings is 2. The molecule has 0 spiro atoms. The first kappa shape index (κ1) is 28.2. The minimum Gasteiger partial charge on any atom is -0.493 e. The number of carboxylic acids is 1. The Kier molecular flexibility index (Phi) is 10.5. The average Bonchev–Trinajstić information content (AvgIpc) is 2.87. The van der Waals surface area contributed by atoms with Crippen molar-refractivity contribution < 1.29 is 28.6 Å². The molecule has 0 radical (unpaired) electrons. The average molecular weight is 513 g/mol. The van der Waals surface area contributed by atoms with Crippen molar-refractivity contribution in [1.29, 1.82) is 0 Å². The van der Waals surface area contributed by atoms with Crippen LogP contribution in [0.15, 0.2) is 48.5 Å². The maximum absolute atomic E-state index is 13.3. The summed E-state index contributed by atoms with van der Waals surface area (Å²) in [5.41, 5.74) is 1.60. The molecule has 37 heavy (non-hydrogen) atoms. The number of aliphatic carboxylic acids is 1. The van der Waals surface area contributed by atoms with Crippen LogP contribution in [0.25, 0.3) is 0 Å². The van der Waals surface area contributed by atoms with E-state index in [-0.39, 0.29) is 36.4 Å². The van der Waals surface area contributed by atoms with Crippen molar-refractivity contribution in [2.45, 2.75) is 58.4 Å². The summed E-state index contributed by atoms with van der Waals surface area (Å²) in [5, 5.41) is 12.3. The van der Waals surface area contributed by atoms with Crippen LogP contribution in [0.1, 0.15) is 50.7 Å². The van der Waals surface area contributed by atoms with Gasteiger partial charge in [0.25, 0.3) is 0 Å². The topological polar surface area (TPSA) is 95.9 Å². The smallest absolute Gasteiger partial charge is 0.326 e. The zero-order chi connectivity index (χ0) is 26.8. The summed E-state index contributed by atoms with van der Waals surface area (Å²) in [4.78, 5) is 38.7. The molecule has 2 N–H and O–H groups in total. The third-order valence-electron chi connectivity index (χ3n) is 6.54. The van der Waals surface area contributed by atoms with E-state index in [1.54, 1.807) is 11.0 Å². The van der Waals surface area contributed by atoms with E-state index in [1.807, 2.05) is 30.3 Å². The maximum Gasteiger partial charge on any atom is 0.326 e. The number of carbonyl (C=O) groups excluding carboxylic acids is 2. The van der Waals surface area contributed by atoms with E-state index in [1.165, 1.54) is 12.1 Å². The van der Waals surface area contributed by atoms with E-state index >= 15 is 0 Å². The number of piperidine rings is 1. The number of amides is 2. The number of ether oxygens (including phenoxy) is 1. The summed E-state index contributed by atoms with van der Waals surface area (Å²) in [6, 6.07) is 12.5. The summed E-state index contributed by atoms with van der Waals surface area (Å²) in [5.74, 6) is -0.415. The Morgan fingerprint density at radius 3 is 2.41 bits per heavy atom.